The number of aryl methyl sites for hydroxylation is 1. The number of anilines is 1. The number of hydrogen-bond acceptors (Lipinski definition) is 4. The van der Waals surface area contributed by atoms with Gasteiger partial charge in [-0.3, -0.25) is 0 Å². The van der Waals surface area contributed by atoms with Gasteiger partial charge in [0.15, 0.2) is 17.3 Å². The highest BCUT2D eigenvalue weighted by Crippen LogP contribution is 2.11. The minimum Gasteiger partial charge on any atom is -0.477 e. The van der Waals surface area contributed by atoms with E-state index in [0.29, 0.717) is 11.3 Å². The predicted molar refractivity (Wildman–Crippen MR) is 67.4 cm³/mol. The molecular formula is C13H11F2N3O2. The molecule has 7 heteroatoms. The second kappa shape index (κ2) is 5.60. The largest absolute Gasteiger partial charge is 0.477 e. The molecule has 1 aromatic heterocycles. The molecule has 0 radical (unpaired) electrons. The SMILES string of the molecule is Cc1cc(C(=O)O)nc(NCc2ccc(F)c(F)c2)n1. The Kier molecular flexibility index (Phi) is 3.88. The molecule has 0 amide bonds. The van der Waals surface area contributed by atoms with Crippen molar-refractivity contribution >= 4 is 11.9 Å². The van der Waals surface area contributed by atoms with Gasteiger partial charge < -0.3 is 10.4 Å². The Balaban J connectivity index is 2.14. The van der Waals surface area contributed by atoms with Crippen LogP contribution in [0.4, 0.5) is 14.7 Å². The van der Waals surface area contributed by atoms with E-state index in [2.05, 4.69) is 15.3 Å². The van der Waals surface area contributed by atoms with Crippen molar-refractivity contribution in [3.05, 3.63) is 52.9 Å². The van der Waals surface area contributed by atoms with E-state index in [1.165, 1.54) is 12.1 Å². The van der Waals surface area contributed by atoms with Crippen LogP contribution < -0.4 is 5.32 Å². The second-order valence-electron chi connectivity index (χ2n) is 4.13. The van der Waals surface area contributed by atoms with Crippen molar-refractivity contribution in [1.82, 2.24) is 9.97 Å². The van der Waals surface area contributed by atoms with Crippen LogP contribution in [0.5, 0.6) is 0 Å². The number of halogens is 2. The van der Waals surface area contributed by atoms with Crippen molar-refractivity contribution in [3.8, 4) is 0 Å². The van der Waals surface area contributed by atoms with Crippen LogP contribution in [0.3, 0.4) is 0 Å². The van der Waals surface area contributed by atoms with E-state index in [-0.39, 0.29) is 18.2 Å². The van der Waals surface area contributed by atoms with Gasteiger partial charge in [0.2, 0.25) is 5.95 Å². The Morgan fingerprint density at radius 3 is 2.65 bits per heavy atom. The maximum atomic E-state index is 13.0. The summed E-state index contributed by atoms with van der Waals surface area (Å²) in [6.45, 7) is 1.79. The Bertz CT molecular complexity index is 662. The molecule has 0 saturated heterocycles. The maximum Gasteiger partial charge on any atom is 0.354 e. The van der Waals surface area contributed by atoms with Gasteiger partial charge >= 0.3 is 5.97 Å². The van der Waals surface area contributed by atoms with E-state index in [9.17, 15) is 13.6 Å². The first-order valence-corrected chi connectivity index (χ1v) is 5.72. The molecule has 0 saturated carbocycles. The van der Waals surface area contributed by atoms with Gasteiger partial charge in [0, 0.05) is 12.2 Å². The summed E-state index contributed by atoms with van der Waals surface area (Å²) in [4.78, 5) is 18.7. The zero-order valence-corrected chi connectivity index (χ0v) is 10.5. The van der Waals surface area contributed by atoms with E-state index < -0.39 is 17.6 Å². The molecule has 0 bridgehead atoms. The number of benzene rings is 1. The van der Waals surface area contributed by atoms with Crippen molar-refractivity contribution in [2.75, 3.05) is 5.32 Å². The van der Waals surface area contributed by atoms with Crippen LogP contribution in [0, 0.1) is 18.6 Å². The summed E-state index contributed by atoms with van der Waals surface area (Å²) in [5.74, 6) is -2.91. The van der Waals surface area contributed by atoms with E-state index in [4.69, 9.17) is 5.11 Å². The van der Waals surface area contributed by atoms with Gasteiger partial charge in [-0.2, -0.15) is 0 Å². The summed E-state index contributed by atoms with van der Waals surface area (Å²) in [6, 6.07) is 4.83. The number of carboxylic acids is 1. The highest BCUT2D eigenvalue weighted by atomic mass is 19.2. The molecule has 0 spiro atoms. The Labute approximate surface area is 113 Å². The molecule has 0 fully saturated rings. The number of carboxylic acid groups (broad SMARTS) is 1. The molecule has 2 aromatic rings. The lowest BCUT2D eigenvalue weighted by molar-refractivity contribution is 0.0690. The average molecular weight is 279 g/mol. The molecule has 0 unspecified atom stereocenters. The van der Waals surface area contributed by atoms with E-state index in [0.717, 1.165) is 12.1 Å². The zero-order chi connectivity index (χ0) is 14.7. The third kappa shape index (κ3) is 3.25. The van der Waals surface area contributed by atoms with E-state index >= 15 is 0 Å². The average Bonchev–Trinajstić information content (AvgIpc) is 2.39. The number of rotatable bonds is 4. The van der Waals surface area contributed by atoms with Gasteiger partial charge in [-0.1, -0.05) is 6.07 Å². The number of nitrogens with zero attached hydrogens (tertiary/aromatic N) is 2. The lowest BCUT2D eigenvalue weighted by Gasteiger charge is -2.07. The van der Waals surface area contributed by atoms with Crippen molar-refractivity contribution in [2.45, 2.75) is 13.5 Å². The number of aromatic carboxylic acids is 1. The van der Waals surface area contributed by atoms with Crippen LogP contribution >= 0.6 is 0 Å². The fourth-order valence-corrected chi connectivity index (χ4v) is 1.59. The fourth-order valence-electron chi connectivity index (χ4n) is 1.59. The second-order valence-corrected chi connectivity index (χ2v) is 4.13. The number of carbonyl (C=O) groups is 1. The van der Waals surface area contributed by atoms with Crippen LogP contribution in [0.15, 0.2) is 24.3 Å². The summed E-state index contributed by atoms with van der Waals surface area (Å²) in [5, 5.41) is 11.6. The topological polar surface area (TPSA) is 75.1 Å². The highest BCUT2D eigenvalue weighted by Gasteiger charge is 2.09. The summed E-state index contributed by atoms with van der Waals surface area (Å²) in [7, 11) is 0. The molecular weight excluding hydrogens is 268 g/mol. The third-order valence-corrected chi connectivity index (χ3v) is 2.51. The molecule has 2 rings (SSSR count). The van der Waals surface area contributed by atoms with Crippen molar-refractivity contribution < 1.29 is 18.7 Å². The summed E-state index contributed by atoms with van der Waals surface area (Å²) >= 11 is 0. The molecule has 0 aliphatic heterocycles. The molecule has 1 aromatic carbocycles. The fraction of sp³-hybridized carbons (Fsp3) is 0.154. The molecule has 20 heavy (non-hydrogen) atoms. The molecule has 2 N–H and O–H groups in total. The molecule has 5 nitrogen and oxygen atoms in total. The van der Waals surface area contributed by atoms with Gasteiger partial charge in [-0.25, -0.2) is 23.5 Å². The van der Waals surface area contributed by atoms with Crippen LogP contribution in [0.1, 0.15) is 21.7 Å². The van der Waals surface area contributed by atoms with Gasteiger partial charge in [0.05, 0.1) is 0 Å². The third-order valence-electron chi connectivity index (χ3n) is 2.51. The summed E-state index contributed by atoms with van der Waals surface area (Å²) in [6.07, 6.45) is 0. The number of nitrogens with one attached hydrogen (secondary N) is 1. The Morgan fingerprint density at radius 2 is 2.00 bits per heavy atom. The first kappa shape index (κ1) is 13.9. The minimum atomic E-state index is -1.16. The first-order valence-electron chi connectivity index (χ1n) is 5.72. The standard InChI is InChI=1S/C13H11F2N3O2/c1-7-4-11(12(19)20)18-13(17-7)16-6-8-2-3-9(14)10(15)5-8/h2-5H,6H2,1H3,(H,19,20)(H,16,17,18). The van der Waals surface area contributed by atoms with Gasteiger partial charge in [-0.05, 0) is 30.7 Å². The molecule has 104 valence electrons. The molecule has 0 atom stereocenters. The molecule has 0 aliphatic rings. The predicted octanol–water partition coefficient (Wildman–Crippen LogP) is 2.37. The van der Waals surface area contributed by atoms with Crippen molar-refractivity contribution in [1.29, 1.82) is 0 Å². The normalized spacial score (nSPS) is 10.3. The number of aromatic nitrogens is 2. The van der Waals surface area contributed by atoms with Crippen LogP contribution in [-0.4, -0.2) is 21.0 Å². The van der Waals surface area contributed by atoms with Crippen molar-refractivity contribution in [3.63, 3.8) is 0 Å². The van der Waals surface area contributed by atoms with E-state index in [1.807, 2.05) is 0 Å². The summed E-state index contributed by atoms with van der Waals surface area (Å²) in [5.41, 5.74) is 0.848. The summed E-state index contributed by atoms with van der Waals surface area (Å²) < 4.78 is 25.8. The van der Waals surface area contributed by atoms with Crippen molar-refractivity contribution in [2.24, 2.45) is 0 Å². The lowest BCUT2D eigenvalue weighted by Crippen LogP contribution is -2.09. The first-order chi connectivity index (χ1) is 9.45. The quantitative estimate of drug-likeness (QED) is 0.898. The highest BCUT2D eigenvalue weighted by molar-refractivity contribution is 5.85. The monoisotopic (exact) mass is 279 g/mol. The maximum absolute atomic E-state index is 13.0. The Hall–Kier alpha value is -2.57. The van der Waals surface area contributed by atoms with Gasteiger partial charge in [-0.15, -0.1) is 0 Å². The van der Waals surface area contributed by atoms with Crippen LogP contribution in [0.25, 0.3) is 0 Å². The van der Waals surface area contributed by atoms with E-state index in [1.54, 1.807) is 6.92 Å². The van der Waals surface area contributed by atoms with Crippen LogP contribution in [0.2, 0.25) is 0 Å². The van der Waals surface area contributed by atoms with Gasteiger partial charge in [0.1, 0.15) is 0 Å². The molecule has 1 heterocycles. The molecule has 0 aliphatic carbocycles. The van der Waals surface area contributed by atoms with Crippen LogP contribution in [-0.2, 0) is 6.54 Å². The smallest absolute Gasteiger partial charge is 0.354 e. The lowest BCUT2D eigenvalue weighted by atomic mass is 10.2. The Morgan fingerprint density at radius 1 is 1.25 bits per heavy atom. The zero-order valence-electron chi connectivity index (χ0n) is 10.5. The number of hydrogen-bond donors (Lipinski definition) is 2. The van der Waals surface area contributed by atoms with Gasteiger partial charge in [0.25, 0.3) is 0 Å². The minimum absolute atomic E-state index is 0.118.